The third-order valence-corrected chi connectivity index (χ3v) is 1.06. The zero-order valence-electron chi connectivity index (χ0n) is 7.85. The van der Waals surface area contributed by atoms with Gasteiger partial charge in [-0.1, -0.05) is 6.07 Å². The van der Waals surface area contributed by atoms with Gasteiger partial charge >= 0.3 is 0 Å². The molecule has 2 rings (SSSR count). The Hall–Kier alpha value is -2.37. The van der Waals surface area contributed by atoms with Crippen molar-refractivity contribution in [1.82, 2.24) is 9.97 Å². The van der Waals surface area contributed by atoms with Crippen molar-refractivity contribution in [1.29, 1.82) is 0 Å². The first-order valence-electron chi connectivity index (χ1n) is 3.99. The molecule has 2 heterocycles. The molecule has 0 radical (unpaired) electrons. The van der Waals surface area contributed by atoms with Crippen LogP contribution < -0.4 is 0 Å². The summed E-state index contributed by atoms with van der Waals surface area (Å²) in [6.07, 6.45) is 7.25. The van der Waals surface area contributed by atoms with Crippen LogP contribution >= 0.6 is 0 Å². The van der Waals surface area contributed by atoms with Crippen molar-refractivity contribution in [3.63, 3.8) is 0 Å². The smallest absolute Gasteiger partial charge is 0.291 e. The summed E-state index contributed by atoms with van der Waals surface area (Å²) in [5, 5.41) is 13.6. The summed E-state index contributed by atoms with van der Waals surface area (Å²) in [5.74, 6) is 0. The second-order valence-corrected chi connectivity index (χ2v) is 2.15. The number of H-pyrrole nitrogens is 1. The minimum absolute atomic E-state index is 1.50. The molecule has 0 spiro atoms. The Morgan fingerprint density at radius 2 is 1.53 bits per heavy atom. The number of nitrogens with one attached hydrogen (secondary N) is 1. The fourth-order valence-corrected chi connectivity index (χ4v) is 0.590. The summed E-state index contributed by atoms with van der Waals surface area (Å²) in [5.41, 5.74) is 0. The minimum atomic E-state index is -1.50. The molecule has 0 saturated carbocycles. The molecule has 2 N–H and O–H groups in total. The van der Waals surface area contributed by atoms with Crippen molar-refractivity contribution < 1.29 is 10.3 Å². The van der Waals surface area contributed by atoms with Gasteiger partial charge in [-0.15, -0.1) is 10.1 Å². The van der Waals surface area contributed by atoms with Crippen molar-refractivity contribution >= 4 is 0 Å². The molecule has 6 nitrogen and oxygen atoms in total. The molecular weight excluding hydrogens is 198 g/mol. The molecule has 0 amide bonds. The molecule has 0 fully saturated rings. The van der Waals surface area contributed by atoms with Crippen LogP contribution in [-0.2, 0) is 0 Å². The number of aromatic amines is 1. The first-order valence-corrected chi connectivity index (χ1v) is 3.99. The largest absolute Gasteiger partial charge is 0.368 e. The molecule has 0 aliphatic heterocycles. The van der Waals surface area contributed by atoms with Gasteiger partial charge in [0.2, 0.25) is 0 Å². The molecule has 15 heavy (non-hydrogen) atoms. The van der Waals surface area contributed by atoms with Crippen LogP contribution in [0, 0.1) is 10.1 Å². The van der Waals surface area contributed by atoms with Gasteiger partial charge in [0.1, 0.15) is 0 Å². The van der Waals surface area contributed by atoms with E-state index < -0.39 is 5.09 Å². The first-order chi connectivity index (χ1) is 7.23. The number of pyridine rings is 1. The molecule has 6 heteroatoms. The number of aromatic nitrogens is 2. The summed E-state index contributed by atoms with van der Waals surface area (Å²) < 4.78 is 0. The third-order valence-electron chi connectivity index (χ3n) is 1.06. The van der Waals surface area contributed by atoms with Crippen LogP contribution in [0.2, 0.25) is 0 Å². The summed E-state index contributed by atoms with van der Waals surface area (Å²) in [6.45, 7) is 0. The van der Waals surface area contributed by atoms with Crippen LogP contribution in [0.4, 0.5) is 0 Å². The van der Waals surface area contributed by atoms with Gasteiger partial charge in [-0.05, 0) is 24.3 Å². The maximum absolute atomic E-state index is 8.36. The van der Waals surface area contributed by atoms with Crippen molar-refractivity contribution in [2.45, 2.75) is 0 Å². The fraction of sp³-hybridized carbons (Fsp3) is 0. The number of nitrogens with zero attached hydrogens (tertiary/aromatic N) is 2. The van der Waals surface area contributed by atoms with Gasteiger partial charge in [-0.2, -0.15) is 0 Å². The number of hydrogen-bond donors (Lipinski definition) is 2. The van der Waals surface area contributed by atoms with Crippen LogP contribution in [0.1, 0.15) is 0 Å². The summed E-state index contributed by atoms with van der Waals surface area (Å²) in [4.78, 5) is 15.0. The number of rotatable bonds is 0. The molecule has 2 aromatic rings. The van der Waals surface area contributed by atoms with Gasteiger partial charge < -0.3 is 10.2 Å². The van der Waals surface area contributed by atoms with Crippen LogP contribution in [0.25, 0.3) is 0 Å². The Kier molecular flexibility index (Phi) is 8.18. The van der Waals surface area contributed by atoms with Crippen molar-refractivity contribution in [2.24, 2.45) is 0 Å². The number of hydrogen-bond acceptors (Lipinski definition) is 3. The van der Waals surface area contributed by atoms with Crippen LogP contribution in [-0.4, -0.2) is 20.3 Å². The highest BCUT2D eigenvalue weighted by molar-refractivity contribution is 4.88. The zero-order valence-corrected chi connectivity index (χ0v) is 7.85. The summed E-state index contributed by atoms with van der Waals surface area (Å²) in [7, 11) is 0. The fourth-order valence-electron chi connectivity index (χ4n) is 0.590. The van der Waals surface area contributed by atoms with E-state index in [4.69, 9.17) is 15.3 Å². The topological polar surface area (TPSA) is 92.0 Å². The predicted octanol–water partition coefficient (Wildman–Crippen LogP) is 1.75. The Bertz CT molecular complexity index is 276. The van der Waals surface area contributed by atoms with Gasteiger partial charge in [0, 0.05) is 24.8 Å². The first kappa shape index (κ1) is 12.6. The SMILES string of the molecule is O=[N+]([O-])O.c1cc[nH]c1.c1ccncc1. The van der Waals surface area contributed by atoms with Crippen LogP contribution in [0.5, 0.6) is 0 Å². The van der Waals surface area contributed by atoms with Gasteiger partial charge in [0.15, 0.2) is 0 Å². The molecule has 0 unspecified atom stereocenters. The van der Waals surface area contributed by atoms with E-state index in [9.17, 15) is 0 Å². The standard InChI is InChI=1S/C5H5N.C4H5N.HNO3/c1-2-4-6-5-3-1;1-2-4-5-3-1;2-1(3)4/h1-5H;1-5H;(H,2,3,4). The molecular formula is C9H11N3O3. The molecule has 0 saturated heterocycles. The van der Waals surface area contributed by atoms with Crippen molar-refractivity contribution in [3.8, 4) is 0 Å². The van der Waals surface area contributed by atoms with Crippen LogP contribution in [0.3, 0.4) is 0 Å². The second-order valence-electron chi connectivity index (χ2n) is 2.15. The highest BCUT2D eigenvalue weighted by atomic mass is 16.9. The quantitative estimate of drug-likeness (QED) is 0.510. The van der Waals surface area contributed by atoms with Crippen LogP contribution in [0.15, 0.2) is 55.1 Å². The van der Waals surface area contributed by atoms with E-state index in [1.807, 2.05) is 42.7 Å². The van der Waals surface area contributed by atoms with E-state index in [1.165, 1.54) is 0 Å². The second kappa shape index (κ2) is 9.72. The lowest BCUT2D eigenvalue weighted by atomic mass is 10.5. The van der Waals surface area contributed by atoms with E-state index in [-0.39, 0.29) is 0 Å². The molecule has 0 aromatic carbocycles. The van der Waals surface area contributed by atoms with E-state index in [0.29, 0.717) is 0 Å². The highest BCUT2D eigenvalue weighted by Crippen LogP contribution is 1.73. The summed E-state index contributed by atoms with van der Waals surface area (Å²) >= 11 is 0. The normalized spacial score (nSPS) is 7.47. The molecule has 0 bridgehead atoms. The van der Waals surface area contributed by atoms with E-state index >= 15 is 0 Å². The lowest BCUT2D eigenvalue weighted by Crippen LogP contribution is -1.81. The molecule has 2 aromatic heterocycles. The Balaban J connectivity index is 0.000000202. The van der Waals surface area contributed by atoms with Gasteiger partial charge in [-0.3, -0.25) is 4.98 Å². The van der Waals surface area contributed by atoms with Crippen molar-refractivity contribution in [3.05, 3.63) is 65.2 Å². The average molecular weight is 209 g/mol. The average Bonchev–Trinajstić information content (AvgIpc) is 2.77. The van der Waals surface area contributed by atoms with E-state index in [1.54, 1.807) is 12.4 Å². The van der Waals surface area contributed by atoms with E-state index in [2.05, 4.69) is 9.97 Å². The third kappa shape index (κ3) is 14.5. The maximum atomic E-state index is 8.36. The van der Waals surface area contributed by atoms with Crippen molar-refractivity contribution in [2.75, 3.05) is 0 Å². The lowest BCUT2D eigenvalue weighted by molar-refractivity contribution is -0.742. The Morgan fingerprint density at radius 3 is 1.67 bits per heavy atom. The minimum Gasteiger partial charge on any atom is -0.368 e. The Morgan fingerprint density at radius 1 is 1.07 bits per heavy atom. The predicted molar refractivity (Wildman–Crippen MR) is 53.8 cm³/mol. The van der Waals surface area contributed by atoms with E-state index in [0.717, 1.165) is 0 Å². The van der Waals surface area contributed by atoms with Gasteiger partial charge in [0.25, 0.3) is 5.09 Å². The lowest BCUT2D eigenvalue weighted by Gasteiger charge is -1.70. The monoisotopic (exact) mass is 209 g/mol. The highest BCUT2D eigenvalue weighted by Gasteiger charge is 1.65. The molecule has 0 aliphatic carbocycles. The maximum Gasteiger partial charge on any atom is 0.291 e. The molecule has 0 aliphatic rings. The molecule has 0 atom stereocenters. The summed E-state index contributed by atoms with van der Waals surface area (Å²) in [6, 6.07) is 9.60. The van der Waals surface area contributed by atoms with Gasteiger partial charge in [-0.25, -0.2) is 0 Å². The van der Waals surface area contributed by atoms with Gasteiger partial charge in [0.05, 0.1) is 0 Å². The Labute approximate surface area is 86.3 Å². The molecule has 80 valence electrons. The zero-order chi connectivity index (χ0) is 11.4.